The maximum Gasteiger partial charge on any atom is 0.340 e. The van der Waals surface area contributed by atoms with E-state index >= 15 is 0 Å². The fourth-order valence-corrected chi connectivity index (χ4v) is 2.56. The number of hydrogen-bond donors (Lipinski definition) is 1. The van der Waals surface area contributed by atoms with E-state index in [9.17, 15) is 9.59 Å². The molecule has 5 heteroatoms. The van der Waals surface area contributed by atoms with E-state index in [4.69, 9.17) is 9.47 Å². The Morgan fingerprint density at radius 1 is 1.08 bits per heavy atom. The van der Waals surface area contributed by atoms with Gasteiger partial charge in [0, 0.05) is 5.69 Å². The maximum absolute atomic E-state index is 12.4. The van der Waals surface area contributed by atoms with Gasteiger partial charge in [-0.2, -0.15) is 0 Å². The van der Waals surface area contributed by atoms with Gasteiger partial charge in [-0.15, -0.1) is 0 Å². The Balaban J connectivity index is 2.14. The molecule has 2 aromatic rings. The van der Waals surface area contributed by atoms with Gasteiger partial charge in [-0.1, -0.05) is 6.07 Å². The van der Waals surface area contributed by atoms with Crippen LogP contribution in [0.2, 0.25) is 0 Å². The largest absolute Gasteiger partial charge is 0.485 e. The molecule has 0 spiro atoms. The van der Waals surface area contributed by atoms with Gasteiger partial charge in [-0.3, -0.25) is 4.79 Å². The summed E-state index contributed by atoms with van der Waals surface area (Å²) in [6, 6.07) is 5.70. The van der Waals surface area contributed by atoms with Crippen LogP contribution in [0.1, 0.15) is 50.2 Å². The lowest BCUT2D eigenvalue weighted by atomic mass is 10.1. The first-order valence-corrected chi connectivity index (χ1v) is 7.94. The summed E-state index contributed by atoms with van der Waals surface area (Å²) >= 11 is 0. The Hall–Kier alpha value is -2.56. The third-order valence-corrected chi connectivity index (χ3v) is 4.04. The molecular weight excluding hydrogens is 306 g/mol. The number of nitrogens with one attached hydrogen (secondary N) is 1. The van der Waals surface area contributed by atoms with Crippen molar-refractivity contribution in [3.05, 3.63) is 51.8 Å². The van der Waals surface area contributed by atoms with Crippen molar-refractivity contribution in [1.82, 2.24) is 4.98 Å². The van der Waals surface area contributed by atoms with Crippen molar-refractivity contribution >= 4 is 11.8 Å². The molecule has 0 radical (unpaired) electrons. The molecule has 0 aliphatic rings. The van der Waals surface area contributed by atoms with Crippen LogP contribution in [0.15, 0.2) is 18.2 Å². The summed E-state index contributed by atoms with van der Waals surface area (Å²) in [6.45, 7) is 9.45. The number of hydrogen-bond acceptors (Lipinski definition) is 4. The van der Waals surface area contributed by atoms with E-state index < -0.39 is 5.97 Å². The van der Waals surface area contributed by atoms with E-state index in [2.05, 4.69) is 4.98 Å². The highest BCUT2D eigenvalue weighted by Crippen LogP contribution is 2.21. The Morgan fingerprint density at radius 3 is 2.42 bits per heavy atom. The van der Waals surface area contributed by atoms with Crippen molar-refractivity contribution in [1.29, 1.82) is 0 Å². The molecule has 0 aliphatic carbocycles. The van der Waals surface area contributed by atoms with Crippen molar-refractivity contribution < 1.29 is 19.1 Å². The molecule has 24 heavy (non-hydrogen) atoms. The molecule has 2 rings (SSSR count). The summed E-state index contributed by atoms with van der Waals surface area (Å²) in [4.78, 5) is 27.4. The molecule has 1 N–H and O–H groups in total. The minimum atomic E-state index is -0.419. The first-order chi connectivity index (χ1) is 11.3. The highest BCUT2D eigenvalue weighted by atomic mass is 16.5. The lowest BCUT2D eigenvalue weighted by Gasteiger charge is -2.08. The van der Waals surface area contributed by atoms with Gasteiger partial charge in [-0.25, -0.2) is 4.79 Å². The molecule has 128 valence electrons. The molecule has 0 saturated carbocycles. The van der Waals surface area contributed by atoms with Crippen LogP contribution >= 0.6 is 0 Å². The zero-order valence-electron chi connectivity index (χ0n) is 14.8. The van der Waals surface area contributed by atoms with Crippen molar-refractivity contribution in [3.63, 3.8) is 0 Å². The Bertz CT molecular complexity index is 774. The van der Waals surface area contributed by atoms with Crippen molar-refractivity contribution in [2.45, 2.75) is 34.6 Å². The molecular formula is C19H23NO4. The number of aryl methyl sites for hydroxylation is 3. The fourth-order valence-electron chi connectivity index (χ4n) is 2.56. The fraction of sp³-hybridized carbons (Fsp3) is 0.368. The molecule has 0 unspecified atom stereocenters. The highest BCUT2D eigenvalue weighted by molar-refractivity contribution is 6.02. The topological polar surface area (TPSA) is 68.4 Å². The SMILES string of the molecule is CCOC(=O)c1c(C)[nH]c(C(=O)COc2ccc(C)c(C)c2)c1C. The minimum absolute atomic E-state index is 0.0917. The standard InChI is InChI=1S/C19H23NO4/c1-6-23-19(22)17-13(4)18(20-14(17)5)16(21)10-24-15-8-7-11(2)12(3)9-15/h7-9,20H,6,10H2,1-5H3. The number of Topliss-reactive ketones (excluding diaryl/α,β-unsaturated/α-hetero) is 1. The van der Waals surface area contributed by atoms with E-state index in [1.165, 1.54) is 5.56 Å². The molecule has 5 nitrogen and oxygen atoms in total. The maximum atomic E-state index is 12.4. The molecule has 0 bridgehead atoms. The van der Waals surface area contributed by atoms with E-state index in [0.29, 0.717) is 34.9 Å². The normalized spacial score (nSPS) is 10.5. The second-order valence-corrected chi connectivity index (χ2v) is 5.80. The minimum Gasteiger partial charge on any atom is -0.485 e. The van der Waals surface area contributed by atoms with E-state index in [0.717, 1.165) is 5.56 Å². The van der Waals surface area contributed by atoms with Crippen LogP contribution in [0.5, 0.6) is 5.75 Å². The molecule has 1 heterocycles. The number of ketones is 1. The second kappa shape index (κ2) is 7.34. The van der Waals surface area contributed by atoms with Gasteiger partial charge < -0.3 is 14.5 Å². The smallest absolute Gasteiger partial charge is 0.340 e. The predicted octanol–water partition coefficient (Wildman–Crippen LogP) is 3.69. The zero-order chi connectivity index (χ0) is 17.9. The summed E-state index contributed by atoms with van der Waals surface area (Å²) in [7, 11) is 0. The van der Waals surface area contributed by atoms with Gasteiger partial charge in [0.05, 0.1) is 17.9 Å². The molecule has 0 aliphatic heterocycles. The van der Waals surface area contributed by atoms with Gasteiger partial charge in [0.2, 0.25) is 5.78 Å². The van der Waals surface area contributed by atoms with Gasteiger partial charge in [-0.05, 0) is 63.4 Å². The number of benzene rings is 1. The zero-order valence-corrected chi connectivity index (χ0v) is 14.8. The van der Waals surface area contributed by atoms with Crippen LogP contribution in [0, 0.1) is 27.7 Å². The number of carbonyl (C=O) groups is 2. The number of ether oxygens (including phenoxy) is 2. The summed E-state index contributed by atoms with van der Waals surface area (Å²) in [5, 5.41) is 0. The average Bonchev–Trinajstić information content (AvgIpc) is 2.83. The molecule has 0 atom stereocenters. The molecule has 1 aromatic heterocycles. The predicted molar refractivity (Wildman–Crippen MR) is 92.0 cm³/mol. The number of H-pyrrole nitrogens is 1. The lowest BCUT2D eigenvalue weighted by molar-refractivity contribution is 0.0525. The van der Waals surface area contributed by atoms with Gasteiger partial charge >= 0.3 is 5.97 Å². The first kappa shape index (κ1) is 17.8. The van der Waals surface area contributed by atoms with Gasteiger partial charge in [0.25, 0.3) is 0 Å². The summed E-state index contributed by atoms with van der Waals surface area (Å²) < 4.78 is 10.6. The van der Waals surface area contributed by atoms with Crippen LogP contribution in [0.4, 0.5) is 0 Å². The number of aromatic nitrogens is 1. The quantitative estimate of drug-likeness (QED) is 0.648. The average molecular weight is 329 g/mol. The molecule has 0 saturated heterocycles. The van der Waals surface area contributed by atoms with E-state index in [1.54, 1.807) is 20.8 Å². The first-order valence-electron chi connectivity index (χ1n) is 7.94. The number of carbonyl (C=O) groups excluding carboxylic acids is 2. The molecule has 1 aromatic carbocycles. The molecule has 0 amide bonds. The third kappa shape index (κ3) is 3.67. The monoisotopic (exact) mass is 329 g/mol. The summed E-state index contributed by atoms with van der Waals surface area (Å²) in [5.74, 6) is 0.0280. The summed E-state index contributed by atoms with van der Waals surface area (Å²) in [6.07, 6.45) is 0. The van der Waals surface area contributed by atoms with Gasteiger partial charge in [0.1, 0.15) is 5.75 Å². The van der Waals surface area contributed by atoms with E-state index in [-0.39, 0.29) is 12.4 Å². The third-order valence-electron chi connectivity index (χ3n) is 4.04. The summed E-state index contributed by atoms with van der Waals surface area (Å²) in [5.41, 5.74) is 4.31. The van der Waals surface area contributed by atoms with Crippen molar-refractivity contribution in [2.75, 3.05) is 13.2 Å². The van der Waals surface area contributed by atoms with E-state index in [1.807, 2.05) is 32.0 Å². The molecule has 0 fully saturated rings. The number of aromatic amines is 1. The Kier molecular flexibility index (Phi) is 5.44. The Morgan fingerprint density at radius 2 is 1.79 bits per heavy atom. The second-order valence-electron chi connectivity index (χ2n) is 5.80. The van der Waals surface area contributed by atoms with Crippen LogP contribution in [0.25, 0.3) is 0 Å². The highest BCUT2D eigenvalue weighted by Gasteiger charge is 2.23. The van der Waals surface area contributed by atoms with Crippen LogP contribution in [0.3, 0.4) is 0 Å². The van der Waals surface area contributed by atoms with Crippen LogP contribution in [-0.4, -0.2) is 30.0 Å². The van der Waals surface area contributed by atoms with Crippen molar-refractivity contribution in [3.8, 4) is 5.75 Å². The lowest BCUT2D eigenvalue weighted by Crippen LogP contribution is -2.14. The van der Waals surface area contributed by atoms with Crippen LogP contribution in [-0.2, 0) is 4.74 Å². The number of esters is 1. The van der Waals surface area contributed by atoms with Crippen LogP contribution < -0.4 is 4.74 Å². The van der Waals surface area contributed by atoms with Gasteiger partial charge in [0.15, 0.2) is 6.61 Å². The number of rotatable bonds is 6. The Labute approximate surface area is 142 Å². The van der Waals surface area contributed by atoms with Crippen molar-refractivity contribution in [2.24, 2.45) is 0 Å².